The predicted octanol–water partition coefficient (Wildman–Crippen LogP) is 4.33. The number of hydrogen-bond acceptors (Lipinski definition) is 2. The van der Waals surface area contributed by atoms with E-state index < -0.39 is 0 Å². The van der Waals surface area contributed by atoms with Gasteiger partial charge in [0.25, 0.3) is 5.91 Å². The summed E-state index contributed by atoms with van der Waals surface area (Å²) in [6.45, 7) is 8.93. The number of H-pyrrole nitrogens is 1. The van der Waals surface area contributed by atoms with Crippen molar-refractivity contribution in [2.45, 2.75) is 46.6 Å². The number of nitrogens with zero attached hydrogens (tertiary/aromatic N) is 1. The third-order valence-electron chi connectivity index (χ3n) is 6.68. The van der Waals surface area contributed by atoms with E-state index in [9.17, 15) is 4.79 Å². The summed E-state index contributed by atoms with van der Waals surface area (Å²) < 4.78 is 0. The number of carbonyl (C=O) groups is 1. The molecule has 1 amide bonds. The molecule has 0 aliphatic heterocycles. The summed E-state index contributed by atoms with van der Waals surface area (Å²) in [5, 5.41) is 4.70. The van der Waals surface area contributed by atoms with Gasteiger partial charge in [0.2, 0.25) is 0 Å². The standard InChI is InChI=1S/C19H24ClN3O/c1-9-8-21-17-12(16(9)20)7-15(22-17)18(24)23-14-6-11-5-13(10(14)2)19(11,3)4/h7-8,10-11,13-14H,5-6H2,1-4H3,(H,21,22)(H,23,24)/t10-,11+,13-,14-/m0/s1. The van der Waals surface area contributed by atoms with Crippen LogP contribution in [-0.2, 0) is 0 Å². The van der Waals surface area contributed by atoms with Crippen molar-refractivity contribution in [3.05, 3.63) is 28.5 Å². The van der Waals surface area contributed by atoms with Crippen molar-refractivity contribution in [1.29, 1.82) is 0 Å². The first-order chi connectivity index (χ1) is 11.3. The van der Waals surface area contributed by atoms with Gasteiger partial charge in [0.05, 0.1) is 5.02 Å². The van der Waals surface area contributed by atoms with Crippen LogP contribution in [0, 0.1) is 30.1 Å². The Bertz CT molecular complexity index is 825. The van der Waals surface area contributed by atoms with Gasteiger partial charge in [-0.05, 0) is 54.6 Å². The fourth-order valence-corrected chi connectivity index (χ4v) is 5.04. The molecule has 0 aromatic carbocycles. The van der Waals surface area contributed by atoms with Gasteiger partial charge in [-0.1, -0.05) is 32.4 Å². The van der Waals surface area contributed by atoms with E-state index in [0.717, 1.165) is 23.3 Å². The van der Waals surface area contributed by atoms with E-state index in [0.29, 0.717) is 33.6 Å². The SMILES string of the molecule is Cc1cnc2[nH]c(C(=O)N[C@H]3C[C@H]4C[C@@H]([C@@H]3C)C4(C)C)cc2c1Cl. The maximum absolute atomic E-state index is 12.7. The fraction of sp³-hybridized carbons (Fsp3) is 0.579. The van der Waals surface area contributed by atoms with Crippen molar-refractivity contribution in [3.8, 4) is 0 Å². The number of aromatic amines is 1. The number of halogens is 1. The summed E-state index contributed by atoms with van der Waals surface area (Å²) in [6.07, 6.45) is 4.11. The van der Waals surface area contributed by atoms with Crippen molar-refractivity contribution in [2.24, 2.45) is 23.2 Å². The lowest BCUT2D eigenvalue weighted by Gasteiger charge is -2.62. The Labute approximate surface area is 147 Å². The monoisotopic (exact) mass is 345 g/mol. The molecule has 3 saturated carbocycles. The molecular weight excluding hydrogens is 322 g/mol. The van der Waals surface area contributed by atoms with Crippen LogP contribution in [0.4, 0.5) is 0 Å². The van der Waals surface area contributed by atoms with E-state index in [1.165, 1.54) is 6.42 Å². The van der Waals surface area contributed by atoms with Gasteiger partial charge in [-0.15, -0.1) is 0 Å². The molecule has 0 spiro atoms. The van der Waals surface area contributed by atoms with Crippen molar-refractivity contribution in [3.63, 3.8) is 0 Å². The van der Waals surface area contributed by atoms with Crippen molar-refractivity contribution in [1.82, 2.24) is 15.3 Å². The maximum atomic E-state index is 12.7. The second kappa shape index (κ2) is 5.22. The molecule has 128 valence electrons. The first-order valence-electron chi connectivity index (χ1n) is 8.73. The lowest BCUT2D eigenvalue weighted by molar-refractivity contribution is -0.113. The summed E-state index contributed by atoms with van der Waals surface area (Å²) in [7, 11) is 0. The molecule has 2 bridgehead atoms. The number of hydrogen-bond donors (Lipinski definition) is 2. The second-order valence-corrected chi connectivity index (χ2v) is 8.61. The van der Waals surface area contributed by atoms with Gasteiger partial charge in [0.15, 0.2) is 0 Å². The van der Waals surface area contributed by atoms with Crippen LogP contribution in [-0.4, -0.2) is 21.9 Å². The van der Waals surface area contributed by atoms with Gasteiger partial charge in [-0.2, -0.15) is 0 Å². The minimum Gasteiger partial charge on any atom is -0.348 e. The Morgan fingerprint density at radius 1 is 1.42 bits per heavy atom. The zero-order valence-corrected chi connectivity index (χ0v) is 15.4. The number of rotatable bonds is 2. The normalized spacial score (nSPS) is 30.9. The Kier molecular flexibility index (Phi) is 3.47. The molecule has 5 heteroatoms. The van der Waals surface area contributed by atoms with Crippen LogP contribution in [0.25, 0.3) is 11.0 Å². The molecule has 3 fully saturated rings. The minimum atomic E-state index is -0.0577. The second-order valence-electron chi connectivity index (χ2n) is 8.24. The number of fused-ring (bicyclic) bond motifs is 3. The average Bonchev–Trinajstić information content (AvgIpc) is 2.97. The Hall–Kier alpha value is -1.55. The van der Waals surface area contributed by atoms with Crippen LogP contribution in [0.15, 0.2) is 12.3 Å². The number of carbonyl (C=O) groups excluding carboxylic acids is 1. The van der Waals surface area contributed by atoms with Crippen LogP contribution in [0.3, 0.4) is 0 Å². The Balaban J connectivity index is 1.54. The smallest absolute Gasteiger partial charge is 0.268 e. The van der Waals surface area contributed by atoms with E-state index >= 15 is 0 Å². The van der Waals surface area contributed by atoms with Crippen LogP contribution < -0.4 is 5.32 Å². The largest absolute Gasteiger partial charge is 0.348 e. The van der Waals surface area contributed by atoms with Gasteiger partial charge < -0.3 is 10.3 Å². The zero-order chi connectivity index (χ0) is 17.2. The first-order valence-corrected chi connectivity index (χ1v) is 9.11. The molecule has 3 aliphatic rings. The summed E-state index contributed by atoms with van der Waals surface area (Å²) >= 11 is 6.32. The van der Waals surface area contributed by atoms with Crippen LogP contribution >= 0.6 is 11.6 Å². The third kappa shape index (κ3) is 2.19. The van der Waals surface area contributed by atoms with Gasteiger partial charge >= 0.3 is 0 Å². The first kappa shape index (κ1) is 15.9. The number of nitrogens with one attached hydrogen (secondary N) is 2. The van der Waals surface area contributed by atoms with Crippen molar-refractivity contribution in [2.75, 3.05) is 0 Å². The van der Waals surface area contributed by atoms with Gasteiger partial charge in [-0.3, -0.25) is 4.79 Å². The highest BCUT2D eigenvalue weighted by atomic mass is 35.5. The topological polar surface area (TPSA) is 57.8 Å². The van der Waals surface area contributed by atoms with E-state index in [1.54, 1.807) is 6.20 Å². The lowest BCUT2D eigenvalue weighted by Crippen LogP contribution is -2.60. The van der Waals surface area contributed by atoms with Gasteiger partial charge in [-0.25, -0.2) is 4.98 Å². The summed E-state index contributed by atoms with van der Waals surface area (Å²) in [6, 6.07) is 2.07. The van der Waals surface area contributed by atoms with E-state index in [1.807, 2.05) is 13.0 Å². The predicted molar refractivity (Wildman–Crippen MR) is 96.3 cm³/mol. The van der Waals surface area contributed by atoms with Crippen LogP contribution in [0.2, 0.25) is 5.02 Å². The third-order valence-corrected chi connectivity index (χ3v) is 7.18. The van der Waals surface area contributed by atoms with E-state index in [4.69, 9.17) is 11.6 Å². The minimum absolute atomic E-state index is 0.0577. The number of aromatic nitrogens is 2. The quantitative estimate of drug-likeness (QED) is 0.851. The molecule has 0 saturated heterocycles. The highest BCUT2D eigenvalue weighted by molar-refractivity contribution is 6.36. The average molecular weight is 346 g/mol. The number of pyridine rings is 1. The molecule has 5 rings (SSSR count). The summed E-state index contributed by atoms with van der Waals surface area (Å²) in [4.78, 5) is 20.1. The number of aryl methyl sites for hydroxylation is 1. The molecule has 2 N–H and O–H groups in total. The highest BCUT2D eigenvalue weighted by Gasteiger charge is 2.56. The fourth-order valence-electron chi connectivity index (χ4n) is 4.85. The van der Waals surface area contributed by atoms with Crippen LogP contribution in [0.1, 0.15) is 49.7 Å². The summed E-state index contributed by atoms with van der Waals surface area (Å²) in [5.41, 5.74) is 2.54. The van der Waals surface area contributed by atoms with Gasteiger partial charge in [0, 0.05) is 17.6 Å². The molecular formula is C19H24ClN3O. The van der Waals surface area contributed by atoms with Crippen molar-refractivity contribution < 1.29 is 4.79 Å². The van der Waals surface area contributed by atoms with Crippen molar-refractivity contribution >= 4 is 28.5 Å². The molecule has 2 aromatic heterocycles. The van der Waals surface area contributed by atoms with E-state index in [-0.39, 0.29) is 11.9 Å². The molecule has 0 unspecified atom stereocenters. The molecule has 0 radical (unpaired) electrons. The molecule has 3 aliphatic carbocycles. The van der Waals surface area contributed by atoms with E-state index in [2.05, 4.69) is 36.1 Å². The Morgan fingerprint density at radius 3 is 2.83 bits per heavy atom. The van der Waals surface area contributed by atoms with Crippen LogP contribution in [0.5, 0.6) is 0 Å². The molecule has 2 aromatic rings. The maximum Gasteiger partial charge on any atom is 0.268 e. The highest BCUT2D eigenvalue weighted by Crippen LogP contribution is 2.61. The number of amides is 1. The lowest BCUT2D eigenvalue weighted by atomic mass is 9.45. The molecule has 2 heterocycles. The van der Waals surface area contributed by atoms with Gasteiger partial charge in [0.1, 0.15) is 11.3 Å². The molecule has 24 heavy (non-hydrogen) atoms. The Morgan fingerprint density at radius 2 is 2.17 bits per heavy atom. The zero-order valence-electron chi connectivity index (χ0n) is 14.6. The summed E-state index contributed by atoms with van der Waals surface area (Å²) in [5.74, 6) is 1.90. The molecule has 4 nitrogen and oxygen atoms in total. The molecule has 4 atom stereocenters.